The van der Waals surface area contributed by atoms with Crippen LogP contribution in [0.1, 0.15) is 49.0 Å². The SMILES string of the molecule is COc1ccc(/C(C#N)=C/c2ccc(N3CCC(OC(=O)CN4CCCCCC4)CC3)s2)cc1OC. The summed E-state index contributed by atoms with van der Waals surface area (Å²) < 4.78 is 16.5. The molecule has 0 N–H and O–H groups in total. The number of ether oxygens (including phenoxy) is 3. The van der Waals surface area contributed by atoms with E-state index in [1.807, 2.05) is 30.3 Å². The van der Waals surface area contributed by atoms with Crippen molar-refractivity contribution in [2.75, 3.05) is 51.8 Å². The highest BCUT2D eigenvalue weighted by atomic mass is 32.1. The van der Waals surface area contributed by atoms with Gasteiger partial charge in [-0.15, -0.1) is 11.3 Å². The monoisotopic (exact) mass is 509 g/mol. The van der Waals surface area contributed by atoms with Gasteiger partial charge in [-0.25, -0.2) is 0 Å². The fourth-order valence-electron chi connectivity index (χ4n) is 4.81. The van der Waals surface area contributed by atoms with Crippen LogP contribution in [0.3, 0.4) is 0 Å². The number of methoxy groups -OCH3 is 2. The minimum absolute atomic E-state index is 0.00435. The Labute approximate surface area is 217 Å². The van der Waals surface area contributed by atoms with E-state index in [1.165, 1.54) is 30.7 Å². The van der Waals surface area contributed by atoms with Crippen LogP contribution in [0.5, 0.6) is 11.5 Å². The van der Waals surface area contributed by atoms with Gasteiger partial charge in [0.05, 0.1) is 37.4 Å². The molecule has 0 amide bonds. The van der Waals surface area contributed by atoms with E-state index in [-0.39, 0.29) is 12.1 Å². The van der Waals surface area contributed by atoms with E-state index < -0.39 is 0 Å². The standard InChI is InChI=1S/C28H35N3O4S/c1-33-25-9-7-21(18-26(25)34-2)22(19-29)17-24-8-10-27(36-24)31-15-11-23(12-16-31)35-28(32)20-30-13-5-3-4-6-14-30/h7-10,17-18,23H,3-6,11-16,20H2,1-2H3/b22-17+. The Bertz CT molecular complexity index is 1090. The summed E-state index contributed by atoms with van der Waals surface area (Å²) in [5.41, 5.74) is 1.35. The molecular formula is C28H35N3O4S. The van der Waals surface area contributed by atoms with Crippen LogP contribution in [-0.2, 0) is 9.53 Å². The van der Waals surface area contributed by atoms with Gasteiger partial charge in [-0.05, 0) is 67.9 Å². The van der Waals surface area contributed by atoms with E-state index in [1.54, 1.807) is 25.6 Å². The summed E-state index contributed by atoms with van der Waals surface area (Å²) >= 11 is 1.66. The molecule has 7 nitrogen and oxygen atoms in total. The first-order chi connectivity index (χ1) is 17.6. The Morgan fingerprint density at radius 3 is 2.42 bits per heavy atom. The van der Waals surface area contributed by atoms with Crippen molar-refractivity contribution in [2.45, 2.75) is 44.6 Å². The average Bonchev–Trinajstić information content (AvgIpc) is 3.22. The third kappa shape index (κ3) is 6.80. The third-order valence-electron chi connectivity index (χ3n) is 6.82. The maximum absolute atomic E-state index is 12.4. The highest BCUT2D eigenvalue weighted by Gasteiger charge is 2.24. The first kappa shape index (κ1) is 26.1. The summed E-state index contributed by atoms with van der Waals surface area (Å²) in [6, 6.07) is 12.0. The molecule has 36 heavy (non-hydrogen) atoms. The predicted octanol–water partition coefficient (Wildman–Crippen LogP) is 5.22. The van der Waals surface area contributed by atoms with Crippen LogP contribution >= 0.6 is 11.3 Å². The van der Waals surface area contributed by atoms with Crippen molar-refractivity contribution in [3.05, 3.63) is 40.8 Å². The van der Waals surface area contributed by atoms with Gasteiger partial charge in [-0.2, -0.15) is 5.26 Å². The summed E-state index contributed by atoms with van der Waals surface area (Å²) in [6.07, 6.45) is 8.45. The molecular weight excluding hydrogens is 474 g/mol. The normalized spacial score (nSPS) is 17.8. The molecule has 8 heteroatoms. The van der Waals surface area contributed by atoms with Crippen molar-refractivity contribution in [3.63, 3.8) is 0 Å². The number of anilines is 1. The van der Waals surface area contributed by atoms with Gasteiger partial charge < -0.3 is 19.1 Å². The molecule has 0 saturated carbocycles. The van der Waals surface area contributed by atoms with Crippen LogP contribution < -0.4 is 14.4 Å². The Hall–Kier alpha value is -3.02. The molecule has 0 spiro atoms. The van der Waals surface area contributed by atoms with Crippen LogP contribution in [0.25, 0.3) is 11.6 Å². The zero-order valence-electron chi connectivity index (χ0n) is 21.2. The average molecular weight is 510 g/mol. The summed E-state index contributed by atoms with van der Waals surface area (Å²) in [4.78, 5) is 18.0. The van der Waals surface area contributed by atoms with E-state index in [2.05, 4.69) is 21.9 Å². The van der Waals surface area contributed by atoms with Crippen molar-refractivity contribution >= 4 is 34.0 Å². The van der Waals surface area contributed by atoms with Crippen LogP contribution in [0.15, 0.2) is 30.3 Å². The van der Waals surface area contributed by atoms with Gasteiger partial charge in [0.15, 0.2) is 11.5 Å². The Morgan fingerprint density at radius 1 is 1.03 bits per heavy atom. The molecule has 0 aliphatic carbocycles. The summed E-state index contributed by atoms with van der Waals surface area (Å²) in [6.45, 7) is 4.13. The Morgan fingerprint density at radius 2 is 1.75 bits per heavy atom. The van der Waals surface area contributed by atoms with Crippen molar-refractivity contribution in [1.29, 1.82) is 5.26 Å². The molecule has 192 valence electrons. The molecule has 0 unspecified atom stereocenters. The van der Waals surface area contributed by atoms with Gasteiger partial charge in [0.2, 0.25) is 0 Å². The largest absolute Gasteiger partial charge is 0.493 e. The number of carbonyl (C=O) groups excluding carboxylic acids is 1. The maximum Gasteiger partial charge on any atom is 0.320 e. The highest BCUT2D eigenvalue weighted by molar-refractivity contribution is 7.17. The number of hydrogen-bond acceptors (Lipinski definition) is 8. The van der Waals surface area contributed by atoms with Gasteiger partial charge in [0.25, 0.3) is 0 Å². The summed E-state index contributed by atoms with van der Waals surface area (Å²) in [5.74, 6) is 1.14. The summed E-state index contributed by atoms with van der Waals surface area (Å²) in [5, 5.41) is 10.9. The maximum atomic E-state index is 12.4. The van der Waals surface area contributed by atoms with Crippen LogP contribution in [0, 0.1) is 11.3 Å². The molecule has 2 fully saturated rings. The number of benzene rings is 1. The predicted molar refractivity (Wildman–Crippen MR) is 144 cm³/mol. The van der Waals surface area contributed by atoms with E-state index in [0.717, 1.165) is 49.5 Å². The second-order valence-electron chi connectivity index (χ2n) is 9.28. The molecule has 4 rings (SSSR count). The number of nitriles is 1. The minimum Gasteiger partial charge on any atom is -0.493 e. The lowest BCUT2D eigenvalue weighted by Crippen LogP contribution is -2.39. The molecule has 1 aromatic heterocycles. The fraction of sp³-hybridized carbons (Fsp3) is 0.500. The number of allylic oxidation sites excluding steroid dienone is 1. The lowest BCUT2D eigenvalue weighted by atomic mass is 10.1. The van der Waals surface area contributed by atoms with Crippen molar-refractivity contribution in [3.8, 4) is 17.6 Å². The quantitative estimate of drug-likeness (QED) is 0.357. The van der Waals surface area contributed by atoms with E-state index in [9.17, 15) is 10.1 Å². The molecule has 0 bridgehead atoms. The molecule has 0 atom stereocenters. The van der Waals surface area contributed by atoms with Crippen LogP contribution in [0.4, 0.5) is 5.00 Å². The molecule has 2 aliphatic rings. The lowest BCUT2D eigenvalue weighted by Gasteiger charge is -2.32. The van der Waals surface area contributed by atoms with Gasteiger partial charge in [-0.1, -0.05) is 12.8 Å². The van der Waals surface area contributed by atoms with Gasteiger partial charge in [-0.3, -0.25) is 9.69 Å². The first-order valence-corrected chi connectivity index (χ1v) is 13.5. The summed E-state index contributed by atoms with van der Waals surface area (Å²) in [7, 11) is 3.18. The highest BCUT2D eigenvalue weighted by Crippen LogP contribution is 2.34. The molecule has 2 aliphatic heterocycles. The van der Waals surface area contributed by atoms with E-state index in [0.29, 0.717) is 23.6 Å². The molecule has 1 aromatic carbocycles. The smallest absolute Gasteiger partial charge is 0.320 e. The van der Waals surface area contributed by atoms with Crippen molar-refractivity contribution < 1.29 is 19.0 Å². The number of hydrogen-bond donors (Lipinski definition) is 0. The number of nitrogens with zero attached hydrogens (tertiary/aromatic N) is 3. The van der Waals surface area contributed by atoms with Gasteiger partial charge in [0.1, 0.15) is 6.10 Å². The van der Waals surface area contributed by atoms with Gasteiger partial charge >= 0.3 is 5.97 Å². The van der Waals surface area contributed by atoms with E-state index >= 15 is 0 Å². The van der Waals surface area contributed by atoms with Crippen LogP contribution in [-0.4, -0.2) is 63.9 Å². The second-order valence-corrected chi connectivity index (χ2v) is 10.4. The lowest BCUT2D eigenvalue weighted by molar-refractivity contribution is -0.151. The molecule has 2 saturated heterocycles. The Kier molecular flexibility index (Phi) is 9.26. The molecule has 2 aromatic rings. The third-order valence-corrected chi connectivity index (χ3v) is 7.91. The van der Waals surface area contributed by atoms with E-state index in [4.69, 9.17) is 14.2 Å². The number of rotatable bonds is 8. The van der Waals surface area contributed by atoms with Crippen molar-refractivity contribution in [1.82, 2.24) is 4.90 Å². The topological polar surface area (TPSA) is 75.0 Å². The fourth-order valence-corrected chi connectivity index (χ4v) is 5.81. The zero-order chi connectivity index (χ0) is 25.3. The Balaban J connectivity index is 1.32. The zero-order valence-corrected chi connectivity index (χ0v) is 22.0. The van der Waals surface area contributed by atoms with Crippen molar-refractivity contribution in [2.24, 2.45) is 0 Å². The second kappa shape index (κ2) is 12.8. The van der Waals surface area contributed by atoms with Gasteiger partial charge in [0, 0.05) is 30.8 Å². The number of esters is 1. The van der Waals surface area contributed by atoms with Crippen LogP contribution in [0.2, 0.25) is 0 Å². The number of thiophene rings is 1. The number of likely N-dealkylation sites (tertiary alicyclic amines) is 1. The molecule has 0 radical (unpaired) electrons. The first-order valence-electron chi connectivity index (χ1n) is 12.7. The molecule has 3 heterocycles. The number of carbonyl (C=O) groups is 1. The number of piperidine rings is 1. The minimum atomic E-state index is -0.0851.